The van der Waals surface area contributed by atoms with Gasteiger partial charge in [-0.25, -0.2) is 4.79 Å². The maximum atomic E-state index is 12.4. The van der Waals surface area contributed by atoms with Gasteiger partial charge in [-0.1, -0.05) is 13.8 Å². The molecule has 0 aromatic rings. The highest BCUT2D eigenvalue weighted by atomic mass is 16.6. The Bertz CT molecular complexity index is 346. The molecule has 1 rings (SSSR count). The van der Waals surface area contributed by atoms with Crippen molar-refractivity contribution in [2.45, 2.75) is 78.4 Å². The van der Waals surface area contributed by atoms with Crippen LogP contribution in [-0.4, -0.2) is 46.2 Å². The second-order valence-electron chi connectivity index (χ2n) is 7.37. The average Bonchev–Trinajstić information content (AvgIpc) is 2.50. The topological polar surface area (TPSA) is 59.0 Å². The quantitative estimate of drug-likeness (QED) is 0.867. The minimum atomic E-state index is -0.759. The zero-order valence-corrected chi connectivity index (χ0v) is 13.8. The summed E-state index contributed by atoms with van der Waals surface area (Å²) >= 11 is 0. The highest BCUT2D eigenvalue weighted by molar-refractivity contribution is 5.69. The van der Waals surface area contributed by atoms with Crippen molar-refractivity contribution in [3.63, 3.8) is 0 Å². The number of aliphatic hydroxyl groups is 1. The molecule has 1 fully saturated rings. The van der Waals surface area contributed by atoms with Gasteiger partial charge in [-0.15, -0.1) is 0 Å². The first-order chi connectivity index (χ1) is 8.94. The van der Waals surface area contributed by atoms with Crippen LogP contribution in [0.2, 0.25) is 0 Å². The Kier molecular flexibility index (Phi) is 5.08. The van der Waals surface area contributed by atoms with Crippen LogP contribution in [0.15, 0.2) is 0 Å². The highest BCUT2D eigenvalue weighted by Crippen LogP contribution is 2.32. The lowest BCUT2D eigenvalue weighted by atomic mass is 9.99. The summed E-state index contributed by atoms with van der Waals surface area (Å²) in [6.07, 6.45) is -0.416. The van der Waals surface area contributed by atoms with Crippen molar-refractivity contribution in [2.24, 2.45) is 5.92 Å². The lowest BCUT2D eigenvalue weighted by Gasteiger charge is -2.36. The average molecular weight is 287 g/mol. The molecule has 0 aliphatic carbocycles. The van der Waals surface area contributed by atoms with Gasteiger partial charge in [0.25, 0.3) is 0 Å². The van der Waals surface area contributed by atoms with Crippen molar-refractivity contribution in [1.29, 1.82) is 0 Å². The summed E-state index contributed by atoms with van der Waals surface area (Å²) in [5.74, 6) is 0.356. The molecule has 0 spiro atoms. The molecule has 0 bridgehead atoms. The SMILES string of the molecule is CC(C)CC(O)[C@@H]1COC(C)(C)N1C(=O)OC(C)(C)C. The van der Waals surface area contributed by atoms with Crippen LogP contribution >= 0.6 is 0 Å². The number of amides is 1. The normalized spacial score (nSPS) is 24.1. The van der Waals surface area contributed by atoms with Crippen LogP contribution < -0.4 is 0 Å². The number of hydrogen-bond donors (Lipinski definition) is 1. The molecule has 1 saturated heterocycles. The lowest BCUT2D eigenvalue weighted by molar-refractivity contribution is -0.0685. The number of rotatable bonds is 3. The third-order valence-electron chi connectivity index (χ3n) is 3.27. The van der Waals surface area contributed by atoms with E-state index in [4.69, 9.17) is 9.47 Å². The molecule has 20 heavy (non-hydrogen) atoms. The predicted octanol–water partition coefficient (Wildman–Crippen LogP) is 2.77. The molecule has 1 aliphatic rings. The number of nitrogens with zero attached hydrogens (tertiary/aromatic N) is 1. The van der Waals surface area contributed by atoms with Crippen LogP contribution in [0.3, 0.4) is 0 Å². The van der Waals surface area contributed by atoms with Gasteiger partial charge < -0.3 is 14.6 Å². The molecule has 2 atom stereocenters. The molecule has 0 saturated carbocycles. The fourth-order valence-corrected chi connectivity index (χ4v) is 2.42. The van der Waals surface area contributed by atoms with Gasteiger partial charge in [-0.2, -0.15) is 0 Å². The van der Waals surface area contributed by atoms with Gasteiger partial charge in [0.1, 0.15) is 11.3 Å². The first-order valence-electron chi connectivity index (χ1n) is 7.28. The van der Waals surface area contributed by atoms with Crippen molar-refractivity contribution < 1.29 is 19.4 Å². The van der Waals surface area contributed by atoms with Crippen LogP contribution in [0.5, 0.6) is 0 Å². The number of aliphatic hydroxyl groups excluding tert-OH is 1. The van der Waals surface area contributed by atoms with Crippen LogP contribution in [-0.2, 0) is 9.47 Å². The lowest BCUT2D eigenvalue weighted by Crippen LogP contribution is -2.53. The number of carbonyl (C=O) groups excluding carboxylic acids is 1. The first-order valence-corrected chi connectivity index (χ1v) is 7.28. The Balaban J connectivity index is 2.88. The summed E-state index contributed by atoms with van der Waals surface area (Å²) in [5.41, 5.74) is -1.33. The molecule has 1 heterocycles. The fraction of sp³-hybridized carbons (Fsp3) is 0.933. The van der Waals surface area contributed by atoms with E-state index >= 15 is 0 Å². The minimum absolute atomic E-state index is 0.333. The molecule has 1 amide bonds. The Hall–Kier alpha value is -0.810. The van der Waals surface area contributed by atoms with E-state index in [0.29, 0.717) is 18.9 Å². The number of hydrogen-bond acceptors (Lipinski definition) is 4. The zero-order chi connectivity index (χ0) is 15.7. The fourth-order valence-electron chi connectivity index (χ4n) is 2.42. The Morgan fingerprint density at radius 1 is 1.45 bits per heavy atom. The van der Waals surface area contributed by atoms with Crippen molar-refractivity contribution >= 4 is 6.09 Å². The Morgan fingerprint density at radius 3 is 2.45 bits per heavy atom. The van der Waals surface area contributed by atoms with Crippen molar-refractivity contribution in [3.8, 4) is 0 Å². The molecule has 0 aromatic carbocycles. The summed E-state index contributed by atoms with van der Waals surface area (Å²) in [4.78, 5) is 13.9. The summed E-state index contributed by atoms with van der Waals surface area (Å²) < 4.78 is 11.1. The first kappa shape index (κ1) is 17.2. The zero-order valence-electron chi connectivity index (χ0n) is 13.8. The number of ether oxygens (including phenoxy) is 2. The van der Waals surface area contributed by atoms with E-state index in [1.165, 1.54) is 4.90 Å². The molecule has 0 radical (unpaired) electrons. The van der Waals surface area contributed by atoms with Gasteiger partial charge >= 0.3 is 6.09 Å². The van der Waals surface area contributed by atoms with E-state index in [1.54, 1.807) is 0 Å². The van der Waals surface area contributed by atoms with Gasteiger partial charge in [0.15, 0.2) is 0 Å². The molecule has 5 heteroatoms. The van der Waals surface area contributed by atoms with Crippen LogP contribution in [0.4, 0.5) is 4.79 Å². The second kappa shape index (κ2) is 5.90. The van der Waals surface area contributed by atoms with Crippen LogP contribution in [0.25, 0.3) is 0 Å². The Morgan fingerprint density at radius 2 is 2.00 bits per heavy atom. The standard InChI is InChI=1S/C15H29NO4/c1-10(2)8-12(17)11-9-19-15(6,7)16(11)13(18)20-14(3,4)5/h10-12,17H,8-9H2,1-7H3/t11-,12?/m0/s1. The molecular weight excluding hydrogens is 258 g/mol. The van der Waals surface area contributed by atoms with Gasteiger partial charge in [0.05, 0.1) is 18.8 Å². The predicted molar refractivity (Wildman–Crippen MR) is 77.4 cm³/mol. The molecule has 1 aliphatic heterocycles. The molecule has 5 nitrogen and oxygen atoms in total. The summed E-state index contributed by atoms with van der Waals surface area (Å²) in [6.45, 7) is 13.5. The smallest absolute Gasteiger partial charge is 0.412 e. The molecule has 1 N–H and O–H groups in total. The minimum Gasteiger partial charge on any atom is -0.444 e. The largest absolute Gasteiger partial charge is 0.444 e. The van der Waals surface area contributed by atoms with E-state index in [2.05, 4.69) is 0 Å². The van der Waals surface area contributed by atoms with E-state index in [0.717, 1.165) is 0 Å². The van der Waals surface area contributed by atoms with Gasteiger partial charge in [-0.05, 0) is 47.0 Å². The van der Waals surface area contributed by atoms with E-state index in [1.807, 2.05) is 48.5 Å². The van der Waals surface area contributed by atoms with Crippen molar-refractivity contribution in [2.75, 3.05) is 6.61 Å². The van der Waals surface area contributed by atoms with Gasteiger partial charge in [-0.3, -0.25) is 4.90 Å². The molecular formula is C15H29NO4. The summed E-state index contributed by atoms with van der Waals surface area (Å²) in [6, 6.07) is -0.359. The maximum Gasteiger partial charge on any atom is 0.412 e. The monoisotopic (exact) mass is 287 g/mol. The van der Waals surface area contributed by atoms with Crippen molar-refractivity contribution in [3.05, 3.63) is 0 Å². The van der Waals surface area contributed by atoms with Crippen LogP contribution in [0, 0.1) is 5.92 Å². The van der Waals surface area contributed by atoms with E-state index in [-0.39, 0.29) is 6.04 Å². The van der Waals surface area contributed by atoms with Crippen LogP contribution in [0.1, 0.15) is 54.9 Å². The highest BCUT2D eigenvalue weighted by Gasteiger charge is 2.48. The van der Waals surface area contributed by atoms with E-state index in [9.17, 15) is 9.90 Å². The van der Waals surface area contributed by atoms with E-state index < -0.39 is 23.5 Å². The second-order valence-corrected chi connectivity index (χ2v) is 7.37. The number of carbonyl (C=O) groups is 1. The molecule has 0 aromatic heterocycles. The summed E-state index contributed by atoms with van der Waals surface area (Å²) in [5, 5.41) is 10.3. The summed E-state index contributed by atoms with van der Waals surface area (Å²) in [7, 11) is 0. The van der Waals surface area contributed by atoms with Gasteiger partial charge in [0, 0.05) is 0 Å². The molecule has 1 unspecified atom stereocenters. The third kappa shape index (κ3) is 4.35. The third-order valence-corrected chi connectivity index (χ3v) is 3.27. The van der Waals surface area contributed by atoms with Crippen molar-refractivity contribution in [1.82, 2.24) is 4.90 Å². The molecule has 118 valence electrons. The Labute approximate surface area is 122 Å². The maximum absolute atomic E-state index is 12.4. The van der Waals surface area contributed by atoms with Gasteiger partial charge in [0.2, 0.25) is 0 Å².